The van der Waals surface area contributed by atoms with Crippen molar-refractivity contribution in [2.24, 2.45) is 0 Å². The SMILES string of the molecule is [C-]#[N+]c1ccc2c(n1)C(Br)CCO2. The summed E-state index contributed by atoms with van der Waals surface area (Å²) in [5, 5.41) is 0. The highest BCUT2D eigenvalue weighted by Gasteiger charge is 2.23. The molecule has 1 unspecified atom stereocenters. The molecule has 1 aromatic heterocycles. The Morgan fingerprint density at radius 3 is 3.23 bits per heavy atom. The molecule has 0 aromatic carbocycles. The molecule has 0 spiro atoms. The summed E-state index contributed by atoms with van der Waals surface area (Å²) in [7, 11) is 0. The lowest BCUT2D eigenvalue weighted by Crippen LogP contribution is -2.11. The first kappa shape index (κ1) is 8.52. The molecule has 0 saturated heterocycles. The van der Waals surface area contributed by atoms with E-state index in [1.807, 2.05) is 6.07 Å². The highest BCUT2D eigenvalue weighted by Crippen LogP contribution is 2.37. The monoisotopic (exact) mass is 238 g/mol. The maximum absolute atomic E-state index is 6.83. The fourth-order valence-electron chi connectivity index (χ4n) is 1.27. The topological polar surface area (TPSA) is 26.5 Å². The molecule has 13 heavy (non-hydrogen) atoms. The Labute approximate surface area is 84.7 Å². The van der Waals surface area contributed by atoms with Gasteiger partial charge < -0.3 is 9.58 Å². The second-order valence-corrected chi connectivity index (χ2v) is 3.87. The maximum atomic E-state index is 6.83. The highest BCUT2D eigenvalue weighted by atomic mass is 79.9. The van der Waals surface area contributed by atoms with Crippen LogP contribution in [-0.2, 0) is 0 Å². The van der Waals surface area contributed by atoms with Gasteiger partial charge in [0.2, 0.25) is 0 Å². The molecule has 0 aliphatic carbocycles. The number of alkyl halides is 1. The second-order valence-electron chi connectivity index (χ2n) is 2.77. The predicted octanol–water partition coefficient (Wildman–Crippen LogP) is 2.85. The van der Waals surface area contributed by atoms with Gasteiger partial charge in [0, 0.05) is 6.42 Å². The third-order valence-electron chi connectivity index (χ3n) is 1.91. The van der Waals surface area contributed by atoms with E-state index in [0.29, 0.717) is 12.4 Å². The number of ether oxygens (including phenoxy) is 1. The number of hydrogen-bond acceptors (Lipinski definition) is 2. The fourth-order valence-corrected chi connectivity index (χ4v) is 1.78. The quantitative estimate of drug-likeness (QED) is 0.514. The summed E-state index contributed by atoms with van der Waals surface area (Å²) in [5.41, 5.74) is 0.847. The van der Waals surface area contributed by atoms with E-state index in [1.165, 1.54) is 0 Å². The molecular weight excluding hydrogens is 232 g/mol. The van der Waals surface area contributed by atoms with E-state index in [2.05, 4.69) is 25.8 Å². The molecule has 0 radical (unpaired) electrons. The van der Waals surface area contributed by atoms with Crippen molar-refractivity contribution in [3.05, 3.63) is 29.2 Å². The largest absolute Gasteiger partial charge is 0.489 e. The van der Waals surface area contributed by atoms with Crippen LogP contribution in [0.25, 0.3) is 4.85 Å². The maximum Gasteiger partial charge on any atom is 0.270 e. The van der Waals surface area contributed by atoms with Crippen molar-refractivity contribution in [2.75, 3.05) is 6.61 Å². The number of hydrogen-bond donors (Lipinski definition) is 0. The Morgan fingerprint density at radius 2 is 2.46 bits per heavy atom. The molecule has 0 bridgehead atoms. The van der Waals surface area contributed by atoms with Crippen molar-refractivity contribution in [2.45, 2.75) is 11.2 Å². The number of fused-ring (bicyclic) bond motifs is 1. The van der Waals surface area contributed by atoms with Crippen LogP contribution < -0.4 is 4.74 Å². The molecule has 0 N–H and O–H groups in total. The molecule has 0 saturated carbocycles. The third kappa shape index (κ3) is 1.52. The molecule has 1 aliphatic heterocycles. The van der Waals surface area contributed by atoms with Crippen molar-refractivity contribution in [1.82, 2.24) is 4.98 Å². The summed E-state index contributed by atoms with van der Waals surface area (Å²) in [6.45, 7) is 7.54. The van der Waals surface area contributed by atoms with Gasteiger partial charge in [0.05, 0.1) is 11.4 Å². The summed E-state index contributed by atoms with van der Waals surface area (Å²) < 4.78 is 5.40. The minimum atomic E-state index is 0.220. The van der Waals surface area contributed by atoms with Crippen molar-refractivity contribution in [1.29, 1.82) is 0 Å². The molecule has 1 atom stereocenters. The zero-order chi connectivity index (χ0) is 9.26. The van der Waals surface area contributed by atoms with Crippen LogP contribution in [0.5, 0.6) is 5.75 Å². The molecule has 66 valence electrons. The van der Waals surface area contributed by atoms with Crippen LogP contribution in [0.3, 0.4) is 0 Å². The molecule has 0 amide bonds. The van der Waals surface area contributed by atoms with Gasteiger partial charge in [0.1, 0.15) is 0 Å². The Balaban J connectivity index is 2.48. The van der Waals surface area contributed by atoms with E-state index in [1.54, 1.807) is 6.07 Å². The molecule has 2 heterocycles. The van der Waals surface area contributed by atoms with Crippen LogP contribution in [0.2, 0.25) is 0 Å². The summed E-state index contributed by atoms with van der Waals surface area (Å²) in [4.78, 5) is 7.68. The molecule has 0 fully saturated rings. The van der Waals surface area contributed by atoms with Gasteiger partial charge in [0.15, 0.2) is 11.4 Å². The number of pyridine rings is 1. The summed E-state index contributed by atoms with van der Waals surface area (Å²) in [6, 6.07) is 3.49. The van der Waals surface area contributed by atoms with Crippen LogP contribution in [-0.4, -0.2) is 11.6 Å². The van der Waals surface area contributed by atoms with Crippen molar-refractivity contribution >= 4 is 21.7 Å². The lowest BCUT2D eigenvalue weighted by atomic mass is 10.1. The number of nitrogens with zero attached hydrogens (tertiary/aromatic N) is 2. The summed E-state index contributed by atoms with van der Waals surface area (Å²) in [6.07, 6.45) is 0.904. The van der Waals surface area contributed by atoms with Crippen molar-refractivity contribution in [3.63, 3.8) is 0 Å². The summed E-state index contributed by atoms with van der Waals surface area (Å²) >= 11 is 3.50. The van der Waals surface area contributed by atoms with Gasteiger partial charge in [-0.1, -0.05) is 22.5 Å². The minimum Gasteiger partial charge on any atom is -0.489 e. The van der Waals surface area contributed by atoms with Crippen LogP contribution >= 0.6 is 15.9 Å². The predicted molar refractivity (Wildman–Crippen MR) is 52.3 cm³/mol. The third-order valence-corrected chi connectivity index (χ3v) is 2.80. The molecule has 2 rings (SSSR count). The normalized spacial score (nSPS) is 19.8. The first-order valence-electron chi connectivity index (χ1n) is 3.96. The Morgan fingerprint density at radius 1 is 1.62 bits per heavy atom. The minimum absolute atomic E-state index is 0.220. The molecule has 1 aliphatic rings. The highest BCUT2D eigenvalue weighted by molar-refractivity contribution is 9.09. The van der Waals surface area contributed by atoms with E-state index in [0.717, 1.165) is 17.9 Å². The molecule has 1 aromatic rings. The van der Waals surface area contributed by atoms with Gasteiger partial charge in [-0.3, -0.25) is 0 Å². The van der Waals surface area contributed by atoms with Gasteiger partial charge >= 0.3 is 0 Å². The standard InChI is InChI=1S/C9H7BrN2O/c1-11-8-3-2-7-9(12-8)6(10)4-5-13-7/h2-3,6H,4-5H2. The Kier molecular flexibility index (Phi) is 2.19. The Hall–Kier alpha value is -1.08. The van der Waals surface area contributed by atoms with Gasteiger partial charge in [0.25, 0.3) is 5.82 Å². The van der Waals surface area contributed by atoms with E-state index in [4.69, 9.17) is 11.3 Å². The lowest BCUT2D eigenvalue weighted by Gasteiger charge is -2.17. The Bertz CT molecular complexity index is 372. The number of aromatic nitrogens is 1. The smallest absolute Gasteiger partial charge is 0.270 e. The second kappa shape index (κ2) is 3.35. The molecular formula is C9H7BrN2O. The lowest BCUT2D eigenvalue weighted by molar-refractivity contribution is 0.284. The molecule has 3 nitrogen and oxygen atoms in total. The van der Waals surface area contributed by atoms with Gasteiger partial charge in [-0.05, 0) is 12.1 Å². The summed E-state index contributed by atoms with van der Waals surface area (Å²) in [5.74, 6) is 1.22. The first-order valence-corrected chi connectivity index (χ1v) is 4.88. The van der Waals surface area contributed by atoms with Crippen molar-refractivity contribution < 1.29 is 4.74 Å². The van der Waals surface area contributed by atoms with E-state index < -0.39 is 0 Å². The molecule has 4 heteroatoms. The zero-order valence-electron chi connectivity index (χ0n) is 6.83. The van der Waals surface area contributed by atoms with Gasteiger partial charge in [-0.2, -0.15) is 0 Å². The number of rotatable bonds is 0. The average Bonchev–Trinajstić information content (AvgIpc) is 2.18. The van der Waals surface area contributed by atoms with Gasteiger partial charge in [-0.15, -0.1) is 4.98 Å². The average molecular weight is 239 g/mol. The number of halogens is 1. The van der Waals surface area contributed by atoms with Crippen LogP contribution in [0.1, 0.15) is 16.9 Å². The first-order chi connectivity index (χ1) is 6.31. The van der Waals surface area contributed by atoms with Crippen molar-refractivity contribution in [3.8, 4) is 5.75 Å². The van der Waals surface area contributed by atoms with Gasteiger partial charge in [-0.25, -0.2) is 0 Å². The van der Waals surface area contributed by atoms with Crippen LogP contribution in [0, 0.1) is 6.57 Å². The van der Waals surface area contributed by atoms with Crippen LogP contribution in [0.15, 0.2) is 12.1 Å². The van der Waals surface area contributed by atoms with E-state index in [-0.39, 0.29) is 4.83 Å². The van der Waals surface area contributed by atoms with Crippen LogP contribution in [0.4, 0.5) is 5.82 Å². The zero-order valence-corrected chi connectivity index (χ0v) is 8.41. The van der Waals surface area contributed by atoms with E-state index in [9.17, 15) is 0 Å². The van der Waals surface area contributed by atoms with E-state index >= 15 is 0 Å². The fraction of sp³-hybridized carbons (Fsp3) is 0.333.